The van der Waals surface area contributed by atoms with Gasteiger partial charge in [0.2, 0.25) is 5.91 Å². The van der Waals surface area contributed by atoms with E-state index >= 15 is 0 Å². The number of carbonyl (C=O) groups is 3. The van der Waals surface area contributed by atoms with Gasteiger partial charge in [0.25, 0.3) is 17.5 Å². The summed E-state index contributed by atoms with van der Waals surface area (Å²) in [5, 5.41) is 11.0. The maximum atomic E-state index is 13.0. The molecule has 2 aliphatic heterocycles. The van der Waals surface area contributed by atoms with E-state index in [9.17, 15) is 24.5 Å². The predicted molar refractivity (Wildman–Crippen MR) is 120 cm³/mol. The molecule has 0 spiro atoms. The molecule has 1 atom stereocenters. The molecular weight excluding hydrogens is 438 g/mol. The molecule has 3 amide bonds. The smallest absolute Gasteiger partial charge is 0.270 e. The first kappa shape index (κ1) is 20.9. The average Bonchev–Trinajstić information content (AvgIpc) is 3.17. The molecule has 156 valence electrons. The largest absolute Gasteiger partial charge is 0.280 e. The molecule has 0 saturated carbocycles. The van der Waals surface area contributed by atoms with E-state index in [2.05, 4.69) is 0 Å². The summed E-state index contributed by atoms with van der Waals surface area (Å²) in [5.74, 6) is -1.42. The van der Waals surface area contributed by atoms with E-state index in [4.69, 9.17) is 12.2 Å². The Balaban J connectivity index is 1.60. The quantitative estimate of drug-likeness (QED) is 0.230. The van der Waals surface area contributed by atoms with Crippen LogP contribution in [0.15, 0.2) is 53.4 Å². The Bertz CT molecular complexity index is 1180. The van der Waals surface area contributed by atoms with E-state index in [1.165, 1.54) is 24.3 Å². The first-order chi connectivity index (χ1) is 14.8. The topological polar surface area (TPSA) is 101 Å². The van der Waals surface area contributed by atoms with Gasteiger partial charge in [-0.3, -0.25) is 29.4 Å². The fourth-order valence-corrected chi connectivity index (χ4v) is 4.77. The lowest BCUT2D eigenvalue weighted by Gasteiger charge is -2.21. The van der Waals surface area contributed by atoms with Gasteiger partial charge in [0.1, 0.15) is 10.4 Å². The number of hydrogen-bond acceptors (Lipinski definition) is 7. The second kappa shape index (κ2) is 8.05. The molecule has 0 aliphatic carbocycles. The van der Waals surface area contributed by atoms with Crippen LogP contribution in [-0.4, -0.2) is 37.9 Å². The molecule has 10 heteroatoms. The minimum Gasteiger partial charge on any atom is -0.280 e. The van der Waals surface area contributed by atoms with Gasteiger partial charge in [-0.2, -0.15) is 0 Å². The highest BCUT2D eigenvalue weighted by Gasteiger charge is 2.48. The van der Waals surface area contributed by atoms with Gasteiger partial charge in [-0.25, -0.2) is 4.90 Å². The van der Waals surface area contributed by atoms with Crippen molar-refractivity contribution in [2.24, 2.45) is 0 Å². The summed E-state index contributed by atoms with van der Waals surface area (Å²) in [7, 11) is 0. The molecule has 4 rings (SSSR count). The normalized spacial score (nSPS) is 20.3. The van der Waals surface area contributed by atoms with Crippen molar-refractivity contribution in [1.29, 1.82) is 0 Å². The third kappa shape index (κ3) is 3.87. The van der Waals surface area contributed by atoms with Gasteiger partial charge < -0.3 is 0 Å². The number of benzene rings is 2. The van der Waals surface area contributed by atoms with Crippen LogP contribution >= 0.6 is 24.0 Å². The molecule has 31 heavy (non-hydrogen) atoms. The number of nitro groups is 1. The van der Waals surface area contributed by atoms with Crippen molar-refractivity contribution >= 4 is 63.5 Å². The summed E-state index contributed by atoms with van der Waals surface area (Å²) >= 11 is 6.31. The number of rotatable bonds is 4. The van der Waals surface area contributed by atoms with Crippen molar-refractivity contribution in [3.05, 3.63) is 74.7 Å². The van der Waals surface area contributed by atoms with Crippen LogP contribution in [0.25, 0.3) is 6.08 Å². The lowest BCUT2D eigenvalue weighted by Crippen LogP contribution is -2.44. The van der Waals surface area contributed by atoms with E-state index in [1.807, 2.05) is 6.92 Å². The Morgan fingerprint density at radius 1 is 1.16 bits per heavy atom. The van der Waals surface area contributed by atoms with Crippen LogP contribution in [0.2, 0.25) is 0 Å². The summed E-state index contributed by atoms with van der Waals surface area (Å²) in [6, 6.07) is 11.8. The number of aryl methyl sites for hydroxylation is 1. The van der Waals surface area contributed by atoms with Gasteiger partial charge in [-0.15, -0.1) is 0 Å². The van der Waals surface area contributed by atoms with Crippen molar-refractivity contribution in [2.45, 2.75) is 19.4 Å². The second-order valence-corrected chi connectivity index (χ2v) is 8.70. The van der Waals surface area contributed by atoms with Gasteiger partial charge in [0, 0.05) is 12.1 Å². The number of non-ortho nitro benzene ring substituents is 1. The molecule has 2 fully saturated rings. The first-order valence-electron chi connectivity index (χ1n) is 9.21. The van der Waals surface area contributed by atoms with Crippen molar-refractivity contribution < 1.29 is 19.3 Å². The number of nitro benzene ring substituents is 1. The number of carbonyl (C=O) groups excluding carboxylic acids is 3. The van der Waals surface area contributed by atoms with Crippen LogP contribution in [0.4, 0.5) is 11.4 Å². The maximum Gasteiger partial charge on any atom is 0.270 e. The Kier molecular flexibility index (Phi) is 5.42. The summed E-state index contributed by atoms with van der Waals surface area (Å²) in [6.45, 7) is 1.90. The summed E-state index contributed by atoms with van der Waals surface area (Å²) in [4.78, 5) is 51.5. The fourth-order valence-electron chi connectivity index (χ4n) is 3.41. The summed E-state index contributed by atoms with van der Waals surface area (Å²) in [5.41, 5.74) is 1.79. The summed E-state index contributed by atoms with van der Waals surface area (Å²) in [6.07, 6.45) is 1.33. The maximum absolute atomic E-state index is 13.0. The molecule has 0 bridgehead atoms. The van der Waals surface area contributed by atoms with Crippen molar-refractivity contribution in [1.82, 2.24) is 4.90 Å². The van der Waals surface area contributed by atoms with Gasteiger partial charge in [0.05, 0.1) is 21.9 Å². The molecule has 2 heterocycles. The highest BCUT2D eigenvalue weighted by molar-refractivity contribution is 8.26. The molecule has 1 unspecified atom stereocenters. The molecule has 2 aliphatic rings. The zero-order valence-electron chi connectivity index (χ0n) is 16.2. The van der Waals surface area contributed by atoms with E-state index in [0.29, 0.717) is 11.3 Å². The first-order valence-corrected chi connectivity index (χ1v) is 10.4. The van der Waals surface area contributed by atoms with Gasteiger partial charge in [-0.1, -0.05) is 53.8 Å². The van der Waals surface area contributed by atoms with Crippen LogP contribution in [0.3, 0.4) is 0 Å². The van der Waals surface area contributed by atoms with Crippen molar-refractivity contribution in [2.75, 3.05) is 4.90 Å². The van der Waals surface area contributed by atoms with Crippen molar-refractivity contribution in [3.8, 4) is 0 Å². The van der Waals surface area contributed by atoms with Gasteiger partial charge in [-0.05, 0) is 30.7 Å². The van der Waals surface area contributed by atoms with Crippen LogP contribution < -0.4 is 4.90 Å². The minimum absolute atomic E-state index is 0.102. The molecular formula is C21H15N3O5S2. The number of imide groups is 1. The average molecular weight is 454 g/mol. The molecule has 2 saturated heterocycles. The lowest BCUT2D eigenvalue weighted by atomic mass is 10.1. The number of nitrogens with zero attached hydrogens (tertiary/aromatic N) is 3. The SMILES string of the molecule is Cc1ccc(N2C(=O)CC(N3C(=O)/C(=C/c4cccc([N+](=O)[O-])c4)SC3=S)C2=O)cc1. The Morgan fingerprint density at radius 3 is 2.55 bits per heavy atom. The summed E-state index contributed by atoms with van der Waals surface area (Å²) < 4.78 is 0.165. The van der Waals surface area contributed by atoms with E-state index in [-0.39, 0.29) is 21.3 Å². The highest BCUT2D eigenvalue weighted by Crippen LogP contribution is 2.37. The van der Waals surface area contributed by atoms with Crippen LogP contribution in [0.1, 0.15) is 17.5 Å². The number of hydrogen-bond donors (Lipinski definition) is 0. The molecule has 0 radical (unpaired) electrons. The van der Waals surface area contributed by atoms with Crippen LogP contribution in [0, 0.1) is 17.0 Å². The molecule has 2 aromatic rings. The zero-order chi connectivity index (χ0) is 22.3. The zero-order valence-corrected chi connectivity index (χ0v) is 17.8. The van der Waals surface area contributed by atoms with E-state index in [0.717, 1.165) is 27.1 Å². The Morgan fingerprint density at radius 2 is 1.87 bits per heavy atom. The molecule has 0 aromatic heterocycles. The van der Waals surface area contributed by atoms with Crippen LogP contribution in [-0.2, 0) is 14.4 Å². The highest BCUT2D eigenvalue weighted by atomic mass is 32.2. The van der Waals surface area contributed by atoms with Gasteiger partial charge >= 0.3 is 0 Å². The number of anilines is 1. The predicted octanol–water partition coefficient (Wildman–Crippen LogP) is 3.44. The Labute approximate surface area is 186 Å². The standard InChI is InChI=1S/C21H15N3O5S2/c1-12-5-7-14(8-6-12)22-18(25)11-16(19(22)26)23-20(27)17(31-21(23)30)10-13-3-2-4-15(9-13)24(28)29/h2-10,16H,11H2,1H3/b17-10-. The lowest BCUT2D eigenvalue weighted by molar-refractivity contribution is -0.384. The monoisotopic (exact) mass is 453 g/mol. The Hall–Kier alpha value is -3.37. The minimum atomic E-state index is -1.02. The number of thioether (sulfide) groups is 1. The fraction of sp³-hybridized carbons (Fsp3) is 0.143. The number of thiocarbonyl (C=S) groups is 1. The molecule has 0 N–H and O–H groups in total. The van der Waals surface area contributed by atoms with Gasteiger partial charge in [0.15, 0.2) is 0 Å². The third-order valence-corrected chi connectivity index (χ3v) is 6.26. The number of amides is 3. The molecule has 2 aromatic carbocycles. The molecule has 8 nitrogen and oxygen atoms in total. The van der Waals surface area contributed by atoms with Crippen molar-refractivity contribution in [3.63, 3.8) is 0 Å². The van der Waals surface area contributed by atoms with E-state index < -0.39 is 28.7 Å². The third-order valence-electron chi connectivity index (χ3n) is 4.93. The van der Waals surface area contributed by atoms with E-state index in [1.54, 1.807) is 30.3 Å². The van der Waals surface area contributed by atoms with Crippen LogP contribution in [0.5, 0.6) is 0 Å². The second-order valence-electron chi connectivity index (χ2n) is 7.03.